The van der Waals surface area contributed by atoms with Gasteiger partial charge in [0.2, 0.25) is 0 Å². The number of nitrogen functional groups attached to an aromatic ring is 1. The van der Waals surface area contributed by atoms with Crippen LogP contribution in [0.3, 0.4) is 0 Å². The van der Waals surface area contributed by atoms with Crippen LogP contribution in [-0.4, -0.2) is 13.1 Å². The van der Waals surface area contributed by atoms with Crippen molar-refractivity contribution in [2.45, 2.75) is 13.3 Å². The van der Waals surface area contributed by atoms with Gasteiger partial charge in [-0.3, -0.25) is 0 Å². The van der Waals surface area contributed by atoms with Crippen LogP contribution in [0.5, 0.6) is 0 Å². The Balaban J connectivity index is 2.20. The van der Waals surface area contributed by atoms with Gasteiger partial charge in [0.05, 0.1) is 0 Å². The normalized spacial score (nSPS) is 21.6. The molecular formula is C11H15BrN2. The molecule has 0 spiro atoms. The maximum absolute atomic E-state index is 5.75. The summed E-state index contributed by atoms with van der Waals surface area (Å²) in [7, 11) is 0. The van der Waals surface area contributed by atoms with Crippen LogP contribution in [0, 0.1) is 5.92 Å². The van der Waals surface area contributed by atoms with Gasteiger partial charge < -0.3 is 10.6 Å². The van der Waals surface area contributed by atoms with Gasteiger partial charge in [-0.05, 0) is 46.5 Å². The van der Waals surface area contributed by atoms with Crippen molar-refractivity contribution in [1.82, 2.24) is 0 Å². The van der Waals surface area contributed by atoms with Gasteiger partial charge in [-0.15, -0.1) is 0 Å². The molecule has 76 valence electrons. The number of nitrogens with two attached hydrogens (primary N) is 1. The summed E-state index contributed by atoms with van der Waals surface area (Å²) in [4.78, 5) is 2.41. The molecule has 1 aliphatic rings. The second kappa shape index (κ2) is 3.81. The highest BCUT2D eigenvalue weighted by atomic mass is 79.9. The average molecular weight is 255 g/mol. The lowest BCUT2D eigenvalue weighted by atomic mass is 10.2. The van der Waals surface area contributed by atoms with Gasteiger partial charge in [0.25, 0.3) is 0 Å². The van der Waals surface area contributed by atoms with Crippen molar-refractivity contribution >= 4 is 27.3 Å². The molecule has 1 aromatic rings. The summed E-state index contributed by atoms with van der Waals surface area (Å²) in [5, 5.41) is 0. The molecule has 2 nitrogen and oxygen atoms in total. The Labute approximate surface area is 93.2 Å². The van der Waals surface area contributed by atoms with Crippen LogP contribution >= 0.6 is 15.9 Å². The summed E-state index contributed by atoms with van der Waals surface area (Å²) < 4.78 is 0.995. The average Bonchev–Trinajstić information content (AvgIpc) is 2.57. The fraction of sp³-hybridized carbons (Fsp3) is 0.455. The van der Waals surface area contributed by atoms with Crippen LogP contribution in [-0.2, 0) is 0 Å². The molecule has 1 aromatic carbocycles. The summed E-state index contributed by atoms with van der Waals surface area (Å²) in [6.45, 7) is 4.63. The first-order valence-corrected chi connectivity index (χ1v) is 5.76. The first-order chi connectivity index (χ1) is 6.66. The van der Waals surface area contributed by atoms with Gasteiger partial charge >= 0.3 is 0 Å². The minimum atomic E-state index is 0.806. The van der Waals surface area contributed by atoms with Crippen LogP contribution in [0.2, 0.25) is 0 Å². The molecule has 1 saturated heterocycles. The minimum Gasteiger partial charge on any atom is -0.398 e. The van der Waals surface area contributed by atoms with Gasteiger partial charge in [-0.25, -0.2) is 0 Å². The van der Waals surface area contributed by atoms with E-state index in [9.17, 15) is 0 Å². The maximum atomic E-state index is 5.75. The largest absolute Gasteiger partial charge is 0.398 e. The molecule has 0 aromatic heterocycles. The molecular weight excluding hydrogens is 240 g/mol. The number of rotatable bonds is 1. The van der Waals surface area contributed by atoms with E-state index in [1.165, 1.54) is 12.1 Å². The van der Waals surface area contributed by atoms with E-state index in [0.29, 0.717) is 0 Å². The van der Waals surface area contributed by atoms with Crippen molar-refractivity contribution < 1.29 is 0 Å². The Morgan fingerprint density at radius 3 is 2.86 bits per heavy atom. The van der Waals surface area contributed by atoms with Crippen molar-refractivity contribution in [1.29, 1.82) is 0 Å². The molecule has 3 heteroatoms. The zero-order chi connectivity index (χ0) is 10.1. The highest BCUT2D eigenvalue weighted by molar-refractivity contribution is 9.10. The zero-order valence-electron chi connectivity index (χ0n) is 8.33. The molecule has 0 bridgehead atoms. The van der Waals surface area contributed by atoms with E-state index in [2.05, 4.69) is 39.9 Å². The van der Waals surface area contributed by atoms with Crippen molar-refractivity contribution in [3.05, 3.63) is 22.7 Å². The van der Waals surface area contributed by atoms with Crippen LogP contribution in [0.15, 0.2) is 22.7 Å². The Morgan fingerprint density at radius 2 is 2.29 bits per heavy atom. The molecule has 14 heavy (non-hydrogen) atoms. The monoisotopic (exact) mass is 254 g/mol. The third-order valence-electron chi connectivity index (χ3n) is 2.77. The molecule has 0 unspecified atom stereocenters. The predicted molar refractivity (Wildman–Crippen MR) is 64.5 cm³/mol. The first kappa shape index (κ1) is 9.84. The SMILES string of the molecule is C[C@H]1CCN(c2ccc(N)c(Br)c2)C1. The fourth-order valence-corrected chi connectivity index (χ4v) is 2.25. The summed E-state index contributed by atoms with van der Waals surface area (Å²) in [6.07, 6.45) is 1.29. The zero-order valence-corrected chi connectivity index (χ0v) is 9.92. The van der Waals surface area contributed by atoms with Crippen molar-refractivity contribution in [3.63, 3.8) is 0 Å². The van der Waals surface area contributed by atoms with Crippen molar-refractivity contribution in [2.24, 2.45) is 5.92 Å². The third-order valence-corrected chi connectivity index (χ3v) is 3.46. The Kier molecular flexibility index (Phi) is 2.68. The lowest BCUT2D eigenvalue weighted by Crippen LogP contribution is -2.18. The molecule has 0 aliphatic carbocycles. The van der Waals surface area contributed by atoms with E-state index in [1.54, 1.807) is 0 Å². The molecule has 2 rings (SSSR count). The molecule has 0 radical (unpaired) electrons. The van der Waals surface area contributed by atoms with Gasteiger partial charge in [-0.1, -0.05) is 6.92 Å². The predicted octanol–water partition coefficient (Wildman–Crippen LogP) is 2.88. The topological polar surface area (TPSA) is 29.3 Å². The van der Waals surface area contributed by atoms with Crippen LogP contribution in [0.25, 0.3) is 0 Å². The number of nitrogens with zero attached hydrogens (tertiary/aromatic N) is 1. The summed E-state index contributed by atoms with van der Waals surface area (Å²) in [5.74, 6) is 0.811. The van der Waals surface area contributed by atoms with E-state index < -0.39 is 0 Å². The quantitative estimate of drug-likeness (QED) is 0.782. The van der Waals surface area contributed by atoms with Crippen molar-refractivity contribution in [2.75, 3.05) is 23.7 Å². The number of benzene rings is 1. The molecule has 1 heterocycles. The summed E-state index contributed by atoms with van der Waals surface area (Å²) >= 11 is 3.46. The summed E-state index contributed by atoms with van der Waals surface area (Å²) in [5.41, 5.74) is 7.83. The smallest absolute Gasteiger partial charge is 0.0460 e. The van der Waals surface area contributed by atoms with Gasteiger partial charge in [0.1, 0.15) is 0 Å². The van der Waals surface area contributed by atoms with Crippen LogP contribution in [0.4, 0.5) is 11.4 Å². The maximum Gasteiger partial charge on any atom is 0.0460 e. The van der Waals surface area contributed by atoms with E-state index in [0.717, 1.165) is 29.2 Å². The highest BCUT2D eigenvalue weighted by Crippen LogP contribution is 2.29. The second-order valence-electron chi connectivity index (χ2n) is 4.05. The van der Waals surface area contributed by atoms with Gasteiger partial charge in [0, 0.05) is 28.9 Å². The number of hydrogen-bond acceptors (Lipinski definition) is 2. The van der Waals surface area contributed by atoms with Crippen molar-refractivity contribution in [3.8, 4) is 0 Å². The minimum absolute atomic E-state index is 0.806. The van der Waals surface area contributed by atoms with Crippen LogP contribution < -0.4 is 10.6 Å². The molecule has 0 amide bonds. The number of anilines is 2. The highest BCUT2D eigenvalue weighted by Gasteiger charge is 2.18. The van der Waals surface area contributed by atoms with E-state index >= 15 is 0 Å². The van der Waals surface area contributed by atoms with E-state index in [-0.39, 0.29) is 0 Å². The lowest BCUT2D eigenvalue weighted by molar-refractivity contribution is 0.659. The molecule has 1 fully saturated rings. The molecule has 2 N–H and O–H groups in total. The Bertz CT molecular complexity index is 338. The summed E-state index contributed by atoms with van der Waals surface area (Å²) in [6, 6.07) is 6.16. The second-order valence-corrected chi connectivity index (χ2v) is 4.90. The molecule has 1 aliphatic heterocycles. The Morgan fingerprint density at radius 1 is 1.50 bits per heavy atom. The molecule has 1 atom stereocenters. The Hall–Kier alpha value is -0.700. The number of halogens is 1. The lowest BCUT2D eigenvalue weighted by Gasteiger charge is -2.18. The first-order valence-electron chi connectivity index (χ1n) is 4.97. The van der Waals surface area contributed by atoms with E-state index in [4.69, 9.17) is 5.73 Å². The van der Waals surface area contributed by atoms with Gasteiger partial charge in [0.15, 0.2) is 0 Å². The van der Waals surface area contributed by atoms with Gasteiger partial charge in [-0.2, -0.15) is 0 Å². The fourth-order valence-electron chi connectivity index (χ4n) is 1.88. The molecule has 0 saturated carbocycles. The van der Waals surface area contributed by atoms with Crippen LogP contribution in [0.1, 0.15) is 13.3 Å². The number of hydrogen-bond donors (Lipinski definition) is 1. The standard InChI is InChI=1S/C11H15BrN2/c1-8-4-5-14(7-8)9-2-3-11(13)10(12)6-9/h2-3,6,8H,4-5,7,13H2,1H3/t8-/m0/s1. The van der Waals surface area contributed by atoms with E-state index in [1.807, 2.05) is 6.07 Å². The third kappa shape index (κ3) is 1.87.